The van der Waals surface area contributed by atoms with Gasteiger partial charge < -0.3 is 25.2 Å². The monoisotopic (exact) mass is 896 g/mol. The molecule has 9 aliphatic heterocycles. The molecule has 3 saturated heterocycles. The molecule has 0 radical (unpaired) electrons. The number of aryl methyl sites for hydroxylation is 1. The molecule has 1 aromatic carbocycles. The van der Waals surface area contributed by atoms with Crippen molar-refractivity contribution in [3.63, 3.8) is 0 Å². The number of ether oxygens (including phenoxy) is 2. The number of nitrogens with zero attached hydrogens (tertiary/aromatic N) is 2. The number of hydrogen-bond acceptors (Lipinski definition) is 8. The fraction of sp³-hybridized carbons (Fsp3) is 0.724. The third-order valence-electron chi connectivity index (χ3n) is 21.3. The van der Waals surface area contributed by atoms with E-state index >= 15 is 9.59 Å². The lowest BCUT2D eigenvalue weighted by atomic mass is 9.27. The summed E-state index contributed by atoms with van der Waals surface area (Å²) in [5.74, 6) is 3.46. The highest BCUT2D eigenvalue weighted by Crippen LogP contribution is 2.88. The average molecular weight is 896 g/mol. The molecule has 16 rings (SSSR count). The Kier molecular flexibility index (Phi) is 9.75. The molecule has 1 aromatic rings. The largest absolute Gasteiger partial charge is 0.509 e. The summed E-state index contributed by atoms with van der Waals surface area (Å²) in [6.45, 7) is 13.5. The molecule has 3 spiro atoms. The van der Waals surface area contributed by atoms with E-state index in [1.807, 2.05) is 0 Å². The maximum Gasteiger partial charge on any atom is 0.339 e. The molecule has 13 atom stereocenters. The summed E-state index contributed by atoms with van der Waals surface area (Å²) in [5, 5.41) is 13.4. The molecule has 354 valence electrons. The SMILES string of the molecule is CC(C)CC[C@]1(C)CCC2=C[C@H]3[C@H]4C5=C2[C@]26C(=O)O/C(=C(/O)C[C@H](CC7CCCCC7)N7C[C@H]8C[C@@H](C7)[C@@H]7CCC(=C4N7C8)C[C@@H]3C)[C@@]2(CC5)[C@]2(OC(=O)c3c(CCCN)cccc32)[C@H]6C1. The van der Waals surface area contributed by atoms with Gasteiger partial charge in [-0.05, 0) is 148 Å². The molecule has 6 fully saturated rings. The van der Waals surface area contributed by atoms with Crippen LogP contribution in [0.2, 0.25) is 0 Å². The molecular formula is C58H77N3O5. The van der Waals surface area contributed by atoms with Gasteiger partial charge in [0.15, 0.2) is 11.4 Å². The molecule has 3 saturated carbocycles. The highest BCUT2D eigenvalue weighted by Gasteiger charge is 2.94. The highest BCUT2D eigenvalue weighted by atomic mass is 16.6. The first-order valence-electron chi connectivity index (χ1n) is 27.3. The maximum atomic E-state index is 16.3. The summed E-state index contributed by atoms with van der Waals surface area (Å²) in [4.78, 5) is 37.2. The first-order valence-corrected chi connectivity index (χ1v) is 27.3. The Bertz CT molecular complexity index is 2390. The van der Waals surface area contributed by atoms with E-state index in [0.717, 1.165) is 82.1 Å². The lowest BCUT2D eigenvalue weighted by molar-refractivity contribution is -0.283. The van der Waals surface area contributed by atoms with Crippen molar-refractivity contribution in [2.45, 2.75) is 174 Å². The van der Waals surface area contributed by atoms with Crippen molar-refractivity contribution < 1.29 is 24.2 Å². The van der Waals surface area contributed by atoms with Crippen LogP contribution in [0.5, 0.6) is 0 Å². The first kappa shape index (κ1) is 42.7. The van der Waals surface area contributed by atoms with E-state index in [-0.39, 0.29) is 41.0 Å². The maximum absolute atomic E-state index is 16.3. The third kappa shape index (κ3) is 5.52. The van der Waals surface area contributed by atoms with Crippen molar-refractivity contribution in [1.82, 2.24) is 9.80 Å². The smallest absolute Gasteiger partial charge is 0.339 e. The standard InChI is InChI=1S/C58H77N3O5/c1-33(2)17-20-55(4)21-18-38-27-43-34(3)24-39-15-16-45-40-25-36-30-60(32-40)41(26-35-10-6-5-7-11-35)28-46(62)52-56-22-19-42(49(43)51(39)61(45)31-36)50(38)57(56,54(64)65-52)47(29-55)58(56)44-14-8-12-37(13-9-23-59)48(44)53(63)66-58/h8,12,14,27,33-36,40-41,43,45,47,49,62H,5-7,9-11,13,15-26,28-32,59H2,1-4H3/b52-46+/t34-,36+,40-,41-,43+,45-,47-,49+,55+,56+,57+,58+/m0/s1. The minimum Gasteiger partial charge on any atom is -0.509 e. The van der Waals surface area contributed by atoms with E-state index in [1.54, 1.807) is 11.3 Å². The van der Waals surface area contributed by atoms with Crippen LogP contribution in [0.1, 0.15) is 171 Å². The zero-order valence-electron chi connectivity index (χ0n) is 40.6. The van der Waals surface area contributed by atoms with Crippen molar-refractivity contribution in [2.75, 3.05) is 26.2 Å². The molecule has 8 nitrogen and oxygen atoms in total. The molecule has 1 unspecified atom stereocenters. The number of aliphatic hydroxyl groups excluding tert-OH is 1. The van der Waals surface area contributed by atoms with Crippen LogP contribution in [-0.4, -0.2) is 65.1 Å². The molecule has 0 aromatic heterocycles. The number of fused-ring (bicyclic) bond motifs is 3. The fourth-order valence-electron chi connectivity index (χ4n) is 18.8. The van der Waals surface area contributed by atoms with E-state index in [9.17, 15) is 5.11 Å². The summed E-state index contributed by atoms with van der Waals surface area (Å²) in [6.07, 6.45) is 23.4. The van der Waals surface area contributed by atoms with E-state index in [1.165, 1.54) is 74.5 Å². The van der Waals surface area contributed by atoms with Gasteiger partial charge in [-0.25, -0.2) is 4.79 Å². The number of benzene rings is 1. The zero-order chi connectivity index (χ0) is 45.1. The van der Waals surface area contributed by atoms with Gasteiger partial charge in [-0.1, -0.05) is 102 Å². The third-order valence-corrected chi connectivity index (χ3v) is 21.3. The fourth-order valence-corrected chi connectivity index (χ4v) is 18.8. The van der Waals surface area contributed by atoms with Crippen LogP contribution in [0.4, 0.5) is 0 Å². The number of allylic oxidation sites excluding steroid dienone is 4. The van der Waals surface area contributed by atoms with E-state index in [2.05, 4.69) is 61.8 Å². The molecule has 6 aliphatic carbocycles. The quantitative estimate of drug-likeness (QED) is 0.249. The summed E-state index contributed by atoms with van der Waals surface area (Å²) in [6, 6.07) is 7.08. The van der Waals surface area contributed by atoms with Crippen molar-refractivity contribution >= 4 is 11.9 Å². The summed E-state index contributed by atoms with van der Waals surface area (Å²) >= 11 is 0. The van der Waals surface area contributed by atoms with Crippen molar-refractivity contribution in [3.8, 4) is 0 Å². The van der Waals surface area contributed by atoms with Crippen LogP contribution in [-0.2, 0) is 26.3 Å². The molecule has 12 bridgehead atoms. The second kappa shape index (κ2) is 15.1. The number of aliphatic hydroxyl groups is 1. The van der Waals surface area contributed by atoms with Crippen molar-refractivity contribution in [1.29, 1.82) is 0 Å². The van der Waals surface area contributed by atoms with Crippen molar-refractivity contribution in [3.05, 3.63) is 80.5 Å². The number of hydrogen-bond donors (Lipinski definition) is 2. The lowest BCUT2D eigenvalue weighted by Gasteiger charge is -2.73. The predicted molar refractivity (Wildman–Crippen MR) is 256 cm³/mol. The number of carbonyl (C=O) groups excluding carboxylic acids is 2. The van der Waals surface area contributed by atoms with Crippen LogP contribution >= 0.6 is 0 Å². The number of carbonyl (C=O) groups is 2. The molecule has 66 heavy (non-hydrogen) atoms. The van der Waals surface area contributed by atoms with Crippen LogP contribution in [0.25, 0.3) is 0 Å². The Labute approximate surface area is 394 Å². The highest BCUT2D eigenvalue weighted by molar-refractivity contribution is 6.01. The molecule has 8 heteroatoms. The van der Waals surface area contributed by atoms with E-state index in [4.69, 9.17) is 15.2 Å². The Morgan fingerprint density at radius 1 is 1.00 bits per heavy atom. The number of rotatable bonds is 8. The van der Waals surface area contributed by atoms with Crippen LogP contribution in [0.3, 0.4) is 0 Å². The Hall–Kier alpha value is -3.36. The van der Waals surface area contributed by atoms with Gasteiger partial charge in [-0.3, -0.25) is 9.69 Å². The van der Waals surface area contributed by atoms with Gasteiger partial charge in [0.2, 0.25) is 0 Å². The summed E-state index contributed by atoms with van der Waals surface area (Å²) in [7, 11) is 0. The van der Waals surface area contributed by atoms with E-state index < -0.39 is 16.4 Å². The zero-order valence-corrected chi connectivity index (χ0v) is 40.6. The molecule has 15 aliphatic rings. The normalized spacial score (nSPS) is 44.0. The minimum atomic E-state index is -1.15. The minimum absolute atomic E-state index is 0.101. The van der Waals surface area contributed by atoms with E-state index in [0.29, 0.717) is 78.7 Å². The number of piperidine rings is 2. The summed E-state index contributed by atoms with van der Waals surface area (Å²) < 4.78 is 14.5. The lowest BCUT2D eigenvalue weighted by Crippen LogP contribution is -2.78. The van der Waals surface area contributed by atoms with Crippen LogP contribution in [0.15, 0.2) is 63.8 Å². The average Bonchev–Trinajstić information content (AvgIpc) is 3.76. The molecule has 3 N–H and O–H groups in total. The van der Waals surface area contributed by atoms with Gasteiger partial charge in [0.1, 0.15) is 11.2 Å². The second-order valence-corrected chi connectivity index (χ2v) is 25.2. The number of esters is 2. The molecule has 9 heterocycles. The van der Waals surface area contributed by atoms with Gasteiger partial charge >= 0.3 is 11.9 Å². The first-order chi connectivity index (χ1) is 31.9. The van der Waals surface area contributed by atoms with Gasteiger partial charge in [0, 0.05) is 61.2 Å². The van der Waals surface area contributed by atoms with Gasteiger partial charge in [0.25, 0.3) is 0 Å². The van der Waals surface area contributed by atoms with Crippen LogP contribution < -0.4 is 5.73 Å². The molecule has 0 amide bonds. The van der Waals surface area contributed by atoms with Crippen LogP contribution in [0, 0.1) is 63.6 Å². The van der Waals surface area contributed by atoms with Gasteiger partial charge in [0.05, 0.1) is 11.0 Å². The Morgan fingerprint density at radius 2 is 1.85 bits per heavy atom. The second-order valence-electron chi connectivity index (χ2n) is 25.2. The molecular weight excluding hydrogens is 819 g/mol. The number of nitrogens with two attached hydrogens (primary N) is 1. The Balaban J connectivity index is 1.09. The van der Waals surface area contributed by atoms with Crippen molar-refractivity contribution in [2.24, 2.45) is 69.3 Å². The predicted octanol–water partition coefficient (Wildman–Crippen LogP) is 11.2. The van der Waals surface area contributed by atoms with Gasteiger partial charge in [-0.15, -0.1) is 0 Å². The topological polar surface area (TPSA) is 105 Å². The summed E-state index contributed by atoms with van der Waals surface area (Å²) in [5.41, 5.74) is 12.8. The van der Waals surface area contributed by atoms with Gasteiger partial charge in [-0.2, -0.15) is 0 Å². The Morgan fingerprint density at radius 3 is 2.67 bits per heavy atom.